The molecule has 2 rings (SSSR count). The molecule has 0 spiro atoms. The first kappa shape index (κ1) is 19.2. The van der Waals surface area contributed by atoms with Crippen molar-refractivity contribution in [3.05, 3.63) is 35.4 Å². The SMILES string of the molecule is CCNC(=NCc1ccc(CN2CCCC2)cc1)NCC(=O)N(C)C. The van der Waals surface area contributed by atoms with Crippen molar-refractivity contribution in [2.75, 3.05) is 40.3 Å². The summed E-state index contributed by atoms with van der Waals surface area (Å²) < 4.78 is 0. The van der Waals surface area contributed by atoms with Crippen LogP contribution in [0.2, 0.25) is 0 Å². The van der Waals surface area contributed by atoms with Crippen molar-refractivity contribution in [3.63, 3.8) is 0 Å². The first-order valence-corrected chi connectivity index (χ1v) is 9.11. The average molecular weight is 345 g/mol. The van der Waals surface area contributed by atoms with E-state index in [1.54, 1.807) is 19.0 Å². The zero-order chi connectivity index (χ0) is 18.1. The Hall–Kier alpha value is -2.08. The van der Waals surface area contributed by atoms with Gasteiger partial charge in [0.1, 0.15) is 0 Å². The predicted molar refractivity (Wildman–Crippen MR) is 102 cm³/mol. The van der Waals surface area contributed by atoms with E-state index in [9.17, 15) is 4.79 Å². The van der Waals surface area contributed by atoms with E-state index in [-0.39, 0.29) is 12.5 Å². The molecule has 1 amide bonds. The highest BCUT2D eigenvalue weighted by Gasteiger charge is 2.11. The molecule has 6 nitrogen and oxygen atoms in total. The number of likely N-dealkylation sites (tertiary alicyclic amines) is 1. The number of likely N-dealkylation sites (N-methyl/N-ethyl adjacent to an activating group) is 1. The lowest BCUT2D eigenvalue weighted by Gasteiger charge is -2.15. The van der Waals surface area contributed by atoms with Crippen molar-refractivity contribution >= 4 is 11.9 Å². The number of nitrogens with zero attached hydrogens (tertiary/aromatic N) is 3. The number of benzene rings is 1. The number of nitrogens with one attached hydrogen (secondary N) is 2. The maximum atomic E-state index is 11.7. The van der Waals surface area contributed by atoms with Crippen LogP contribution in [-0.4, -0.2) is 61.9 Å². The summed E-state index contributed by atoms with van der Waals surface area (Å²) in [5, 5.41) is 6.24. The summed E-state index contributed by atoms with van der Waals surface area (Å²) in [5.41, 5.74) is 2.53. The van der Waals surface area contributed by atoms with Crippen molar-refractivity contribution in [1.29, 1.82) is 0 Å². The first-order valence-electron chi connectivity index (χ1n) is 9.11. The second kappa shape index (κ2) is 10.0. The molecule has 1 heterocycles. The van der Waals surface area contributed by atoms with E-state index in [1.807, 2.05) is 6.92 Å². The lowest BCUT2D eigenvalue weighted by atomic mass is 10.1. The van der Waals surface area contributed by atoms with Gasteiger partial charge in [0, 0.05) is 27.2 Å². The van der Waals surface area contributed by atoms with E-state index in [0.717, 1.165) is 13.1 Å². The van der Waals surface area contributed by atoms with Crippen LogP contribution in [0.1, 0.15) is 30.9 Å². The van der Waals surface area contributed by atoms with Gasteiger partial charge in [-0.2, -0.15) is 0 Å². The number of guanidine groups is 1. The Balaban J connectivity index is 1.86. The molecule has 1 aromatic carbocycles. The van der Waals surface area contributed by atoms with Gasteiger partial charge in [-0.1, -0.05) is 24.3 Å². The number of carbonyl (C=O) groups is 1. The molecule has 0 bridgehead atoms. The molecule has 25 heavy (non-hydrogen) atoms. The summed E-state index contributed by atoms with van der Waals surface area (Å²) in [4.78, 5) is 20.3. The zero-order valence-corrected chi connectivity index (χ0v) is 15.7. The highest BCUT2D eigenvalue weighted by molar-refractivity contribution is 5.86. The van der Waals surface area contributed by atoms with E-state index in [2.05, 4.69) is 44.8 Å². The number of carbonyl (C=O) groups excluding carboxylic acids is 1. The Bertz CT molecular complexity index is 562. The van der Waals surface area contributed by atoms with Crippen LogP contribution in [0, 0.1) is 0 Å². The minimum absolute atomic E-state index is 0.0249. The third-order valence-electron chi connectivity index (χ3n) is 4.30. The predicted octanol–water partition coefficient (Wildman–Crippen LogP) is 1.43. The van der Waals surface area contributed by atoms with Crippen LogP contribution in [-0.2, 0) is 17.9 Å². The Kier molecular flexibility index (Phi) is 7.73. The number of hydrogen-bond acceptors (Lipinski definition) is 3. The molecule has 1 saturated heterocycles. The normalized spacial score (nSPS) is 15.2. The molecule has 1 aliphatic heterocycles. The zero-order valence-electron chi connectivity index (χ0n) is 15.7. The topological polar surface area (TPSA) is 60.0 Å². The van der Waals surface area contributed by atoms with Crippen LogP contribution in [0.25, 0.3) is 0 Å². The molecule has 0 aliphatic carbocycles. The van der Waals surface area contributed by atoms with Gasteiger partial charge < -0.3 is 15.5 Å². The van der Waals surface area contributed by atoms with Gasteiger partial charge in [-0.25, -0.2) is 4.99 Å². The Morgan fingerprint density at radius 2 is 1.76 bits per heavy atom. The van der Waals surface area contributed by atoms with E-state index in [4.69, 9.17) is 0 Å². The van der Waals surface area contributed by atoms with Crippen LogP contribution < -0.4 is 10.6 Å². The van der Waals surface area contributed by atoms with Gasteiger partial charge in [-0.15, -0.1) is 0 Å². The lowest BCUT2D eigenvalue weighted by Crippen LogP contribution is -2.42. The molecule has 0 unspecified atom stereocenters. The van der Waals surface area contributed by atoms with Gasteiger partial charge in [0.05, 0.1) is 13.1 Å². The van der Waals surface area contributed by atoms with Gasteiger partial charge in [0.25, 0.3) is 0 Å². The second-order valence-electron chi connectivity index (χ2n) is 6.64. The molecule has 1 aliphatic rings. The van der Waals surface area contributed by atoms with Gasteiger partial charge in [0.15, 0.2) is 5.96 Å². The summed E-state index contributed by atoms with van der Waals surface area (Å²) >= 11 is 0. The van der Waals surface area contributed by atoms with Crippen molar-refractivity contribution in [3.8, 4) is 0 Å². The minimum atomic E-state index is 0.0249. The highest BCUT2D eigenvalue weighted by Crippen LogP contribution is 2.13. The van der Waals surface area contributed by atoms with E-state index in [0.29, 0.717) is 12.5 Å². The fraction of sp³-hybridized carbons (Fsp3) is 0.579. The third kappa shape index (κ3) is 6.74. The standard InChI is InChI=1S/C19H31N5O/c1-4-20-19(22-14-18(25)23(2)3)21-13-16-7-9-17(10-8-16)15-24-11-5-6-12-24/h7-10H,4-6,11-15H2,1-3H3,(H2,20,21,22). The molecule has 1 aromatic rings. The Labute approximate surface area is 151 Å². The molecule has 2 N–H and O–H groups in total. The number of rotatable bonds is 7. The summed E-state index contributed by atoms with van der Waals surface area (Å²) in [6.45, 7) is 7.09. The maximum absolute atomic E-state index is 11.7. The smallest absolute Gasteiger partial charge is 0.241 e. The Morgan fingerprint density at radius 1 is 1.12 bits per heavy atom. The molecule has 1 fully saturated rings. The average Bonchev–Trinajstić information content (AvgIpc) is 3.11. The van der Waals surface area contributed by atoms with Crippen LogP contribution in [0.15, 0.2) is 29.3 Å². The molecule has 0 radical (unpaired) electrons. The fourth-order valence-electron chi connectivity index (χ4n) is 2.78. The molecule has 0 atom stereocenters. The van der Waals surface area contributed by atoms with Gasteiger partial charge >= 0.3 is 0 Å². The van der Waals surface area contributed by atoms with Crippen LogP contribution in [0.4, 0.5) is 0 Å². The second-order valence-corrected chi connectivity index (χ2v) is 6.64. The summed E-state index contributed by atoms with van der Waals surface area (Å²) in [6.07, 6.45) is 2.65. The van der Waals surface area contributed by atoms with Crippen molar-refractivity contribution in [1.82, 2.24) is 20.4 Å². The van der Waals surface area contributed by atoms with E-state index >= 15 is 0 Å². The highest BCUT2D eigenvalue weighted by atomic mass is 16.2. The summed E-state index contributed by atoms with van der Waals surface area (Å²) in [6, 6.07) is 8.67. The van der Waals surface area contributed by atoms with Crippen molar-refractivity contribution in [2.45, 2.75) is 32.9 Å². The number of aliphatic imine (C=N–C) groups is 1. The minimum Gasteiger partial charge on any atom is -0.357 e. The Morgan fingerprint density at radius 3 is 2.36 bits per heavy atom. The third-order valence-corrected chi connectivity index (χ3v) is 4.30. The largest absolute Gasteiger partial charge is 0.357 e. The van der Waals surface area contributed by atoms with Gasteiger partial charge in [-0.3, -0.25) is 9.69 Å². The van der Waals surface area contributed by atoms with Gasteiger partial charge in [-0.05, 0) is 44.0 Å². The lowest BCUT2D eigenvalue weighted by molar-refractivity contribution is -0.127. The van der Waals surface area contributed by atoms with Crippen molar-refractivity contribution < 1.29 is 4.79 Å². The number of amides is 1. The fourth-order valence-corrected chi connectivity index (χ4v) is 2.78. The van der Waals surface area contributed by atoms with Gasteiger partial charge in [0.2, 0.25) is 5.91 Å². The number of hydrogen-bond donors (Lipinski definition) is 2. The molecular weight excluding hydrogens is 314 g/mol. The maximum Gasteiger partial charge on any atom is 0.241 e. The summed E-state index contributed by atoms with van der Waals surface area (Å²) in [7, 11) is 3.50. The molecule has 0 saturated carbocycles. The van der Waals surface area contributed by atoms with E-state index < -0.39 is 0 Å². The van der Waals surface area contributed by atoms with Crippen LogP contribution in [0.3, 0.4) is 0 Å². The molecule has 138 valence electrons. The van der Waals surface area contributed by atoms with E-state index in [1.165, 1.54) is 37.1 Å². The van der Waals surface area contributed by atoms with Crippen molar-refractivity contribution in [2.24, 2.45) is 4.99 Å². The molecular formula is C19H31N5O. The van der Waals surface area contributed by atoms with Crippen LogP contribution >= 0.6 is 0 Å². The first-order chi connectivity index (χ1) is 12.1. The monoisotopic (exact) mass is 345 g/mol. The molecule has 0 aromatic heterocycles. The van der Waals surface area contributed by atoms with Crippen LogP contribution in [0.5, 0.6) is 0 Å². The quantitative estimate of drug-likeness (QED) is 0.580. The summed E-state index contributed by atoms with van der Waals surface area (Å²) in [5.74, 6) is 0.690. The molecule has 6 heteroatoms.